The molecule has 0 fully saturated rings. The summed E-state index contributed by atoms with van der Waals surface area (Å²) in [6.07, 6.45) is 5.76. The molecule has 0 saturated carbocycles. The molecule has 0 spiro atoms. The molecule has 0 saturated heterocycles. The number of nitrogens with zero attached hydrogens (tertiary/aromatic N) is 2. The number of nitrogens with one attached hydrogen (secondary N) is 2. The zero-order valence-electron chi connectivity index (χ0n) is 15.6. The van der Waals surface area contributed by atoms with Crippen molar-refractivity contribution in [3.05, 3.63) is 88.7 Å². The summed E-state index contributed by atoms with van der Waals surface area (Å²) >= 11 is 5.88. The third-order valence-electron chi connectivity index (χ3n) is 4.29. The maximum atomic E-state index is 12.2. The highest BCUT2D eigenvalue weighted by Gasteiger charge is 2.06. The van der Waals surface area contributed by atoms with Crippen LogP contribution in [0.5, 0.6) is 0 Å². The Bertz CT molecular complexity index is 867. The Morgan fingerprint density at radius 3 is 2.25 bits per heavy atom. The molecule has 0 unspecified atom stereocenters. The molecule has 0 aliphatic heterocycles. The van der Waals surface area contributed by atoms with Gasteiger partial charge < -0.3 is 10.6 Å². The van der Waals surface area contributed by atoms with Crippen molar-refractivity contribution in [2.75, 3.05) is 18.4 Å². The van der Waals surface area contributed by atoms with Gasteiger partial charge in [-0.2, -0.15) is 0 Å². The molecule has 0 aliphatic rings. The molecule has 1 amide bonds. The van der Waals surface area contributed by atoms with Crippen LogP contribution in [0.4, 0.5) is 5.95 Å². The van der Waals surface area contributed by atoms with E-state index >= 15 is 0 Å². The van der Waals surface area contributed by atoms with Crippen molar-refractivity contribution in [2.24, 2.45) is 0 Å². The molecule has 28 heavy (non-hydrogen) atoms. The smallest absolute Gasteiger partial charge is 0.254 e. The lowest BCUT2D eigenvalue weighted by Gasteiger charge is -2.07. The number of amides is 1. The number of rotatable bonds is 9. The predicted molar refractivity (Wildman–Crippen MR) is 113 cm³/mol. The van der Waals surface area contributed by atoms with E-state index in [-0.39, 0.29) is 5.91 Å². The Morgan fingerprint density at radius 2 is 1.54 bits per heavy atom. The van der Waals surface area contributed by atoms with Crippen LogP contribution in [0, 0.1) is 0 Å². The molecule has 2 aromatic carbocycles. The van der Waals surface area contributed by atoms with E-state index in [4.69, 9.17) is 11.6 Å². The maximum Gasteiger partial charge on any atom is 0.254 e. The lowest BCUT2D eigenvalue weighted by molar-refractivity contribution is 0.0952. The van der Waals surface area contributed by atoms with Gasteiger partial charge in [0.05, 0.1) is 5.56 Å². The van der Waals surface area contributed by atoms with E-state index in [1.165, 1.54) is 11.1 Å². The van der Waals surface area contributed by atoms with Gasteiger partial charge in [0.2, 0.25) is 5.95 Å². The van der Waals surface area contributed by atoms with Crippen LogP contribution in [0.1, 0.15) is 27.9 Å². The second-order valence-electron chi connectivity index (χ2n) is 6.44. The van der Waals surface area contributed by atoms with Crippen LogP contribution < -0.4 is 10.6 Å². The molecule has 144 valence electrons. The minimum Gasteiger partial charge on any atom is -0.354 e. The first-order valence-corrected chi connectivity index (χ1v) is 9.71. The minimum absolute atomic E-state index is 0.152. The number of aromatic nitrogens is 2. The van der Waals surface area contributed by atoms with Gasteiger partial charge in [-0.1, -0.05) is 54.1 Å². The number of aryl methyl sites for hydroxylation is 1. The van der Waals surface area contributed by atoms with Crippen LogP contribution in [-0.2, 0) is 12.8 Å². The van der Waals surface area contributed by atoms with Crippen LogP contribution in [0.25, 0.3) is 0 Å². The SMILES string of the molecule is O=C(NCCCc1ccccc1)c1cnc(NCCc2ccc(Cl)cc2)nc1. The lowest BCUT2D eigenvalue weighted by Crippen LogP contribution is -2.25. The van der Waals surface area contributed by atoms with Gasteiger partial charge in [0, 0.05) is 30.5 Å². The Kier molecular flexibility index (Phi) is 7.38. The maximum absolute atomic E-state index is 12.2. The van der Waals surface area contributed by atoms with Crippen LogP contribution in [0.2, 0.25) is 5.02 Å². The Labute approximate surface area is 170 Å². The van der Waals surface area contributed by atoms with E-state index in [9.17, 15) is 4.79 Å². The van der Waals surface area contributed by atoms with E-state index in [1.54, 1.807) is 12.4 Å². The number of carbonyl (C=O) groups excluding carboxylic acids is 1. The van der Waals surface area contributed by atoms with Crippen molar-refractivity contribution in [1.82, 2.24) is 15.3 Å². The van der Waals surface area contributed by atoms with Gasteiger partial charge in [-0.15, -0.1) is 0 Å². The zero-order chi connectivity index (χ0) is 19.6. The summed E-state index contributed by atoms with van der Waals surface area (Å²) in [5.74, 6) is 0.357. The third-order valence-corrected chi connectivity index (χ3v) is 4.55. The molecular weight excluding hydrogens is 372 g/mol. The second-order valence-corrected chi connectivity index (χ2v) is 6.88. The fourth-order valence-corrected chi connectivity index (χ4v) is 2.87. The summed E-state index contributed by atoms with van der Waals surface area (Å²) in [5.41, 5.74) is 2.92. The number of hydrogen-bond donors (Lipinski definition) is 2. The average Bonchev–Trinajstić information content (AvgIpc) is 2.74. The molecule has 0 bridgehead atoms. The number of anilines is 1. The zero-order valence-corrected chi connectivity index (χ0v) is 16.3. The summed E-state index contributed by atoms with van der Waals surface area (Å²) in [6, 6.07) is 18.0. The molecule has 5 nitrogen and oxygen atoms in total. The van der Waals surface area contributed by atoms with Gasteiger partial charge in [0.15, 0.2) is 0 Å². The Hall–Kier alpha value is -2.92. The van der Waals surface area contributed by atoms with Gasteiger partial charge in [-0.05, 0) is 42.5 Å². The molecule has 0 radical (unpaired) electrons. The van der Waals surface area contributed by atoms with Crippen LogP contribution in [0.3, 0.4) is 0 Å². The van der Waals surface area contributed by atoms with E-state index in [0.717, 1.165) is 24.3 Å². The molecule has 0 atom stereocenters. The summed E-state index contributed by atoms with van der Waals surface area (Å²) < 4.78 is 0. The van der Waals surface area contributed by atoms with Gasteiger partial charge in [-0.25, -0.2) is 9.97 Å². The van der Waals surface area contributed by atoms with E-state index in [2.05, 4.69) is 32.7 Å². The summed E-state index contributed by atoms with van der Waals surface area (Å²) in [7, 11) is 0. The number of hydrogen-bond acceptors (Lipinski definition) is 4. The molecule has 3 aromatic rings. The number of benzene rings is 2. The van der Waals surface area contributed by atoms with Crippen LogP contribution in [0.15, 0.2) is 67.0 Å². The monoisotopic (exact) mass is 394 g/mol. The molecule has 1 aromatic heterocycles. The summed E-state index contributed by atoms with van der Waals surface area (Å²) in [6.45, 7) is 1.32. The fraction of sp³-hybridized carbons (Fsp3) is 0.227. The van der Waals surface area contributed by atoms with Crippen molar-refractivity contribution in [3.8, 4) is 0 Å². The largest absolute Gasteiger partial charge is 0.354 e. The quantitative estimate of drug-likeness (QED) is 0.535. The molecule has 3 rings (SSSR count). The van der Waals surface area contributed by atoms with E-state index in [0.29, 0.717) is 24.6 Å². The summed E-state index contributed by atoms with van der Waals surface area (Å²) in [4.78, 5) is 20.6. The molecule has 0 aliphatic carbocycles. The average molecular weight is 395 g/mol. The first kappa shape index (κ1) is 19.8. The Balaban J connectivity index is 1.38. The highest BCUT2D eigenvalue weighted by Crippen LogP contribution is 2.10. The topological polar surface area (TPSA) is 66.9 Å². The van der Waals surface area contributed by atoms with Crippen molar-refractivity contribution in [1.29, 1.82) is 0 Å². The van der Waals surface area contributed by atoms with Crippen molar-refractivity contribution in [2.45, 2.75) is 19.3 Å². The van der Waals surface area contributed by atoms with Crippen molar-refractivity contribution >= 4 is 23.5 Å². The first-order chi connectivity index (χ1) is 13.7. The van der Waals surface area contributed by atoms with Gasteiger partial charge in [0.25, 0.3) is 5.91 Å². The summed E-state index contributed by atoms with van der Waals surface area (Å²) in [5, 5.41) is 6.80. The number of carbonyl (C=O) groups is 1. The minimum atomic E-state index is -0.152. The fourth-order valence-electron chi connectivity index (χ4n) is 2.75. The van der Waals surface area contributed by atoms with E-state index < -0.39 is 0 Å². The molecule has 6 heteroatoms. The third kappa shape index (κ3) is 6.35. The van der Waals surface area contributed by atoms with Crippen molar-refractivity contribution in [3.63, 3.8) is 0 Å². The van der Waals surface area contributed by atoms with Crippen LogP contribution in [-0.4, -0.2) is 29.0 Å². The van der Waals surface area contributed by atoms with Crippen LogP contribution >= 0.6 is 11.6 Å². The standard InChI is InChI=1S/C22H23ClN4O/c23-20-10-8-18(9-11-20)12-14-25-22-26-15-19(16-27-22)21(28)24-13-4-7-17-5-2-1-3-6-17/h1-3,5-6,8-11,15-16H,4,7,12-14H2,(H,24,28)(H,25,26,27). The molecule has 2 N–H and O–H groups in total. The lowest BCUT2D eigenvalue weighted by atomic mass is 10.1. The van der Waals surface area contributed by atoms with Crippen molar-refractivity contribution < 1.29 is 4.79 Å². The van der Waals surface area contributed by atoms with Gasteiger partial charge in [0.1, 0.15) is 0 Å². The predicted octanol–water partition coefficient (Wildman–Crippen LogP) is 4.15. The first-order valence-electron chi connectivity index (χ1n) is 9.33. The Morgan fingerprint density at radius 1 is 0.857 bits per heavy atom. The van der Waals surface area contributed by atoms with Gasteiger partial charge in [-0.3, -0.25) is 4.79 Å². The highest BCUT2D eigenvalue weighted by molar-refractivity contribution is 6.30. The highest BCUT2D eigenvalue weighted by atomic mass is 35.5. The normalized spacial score (nSPS) is 10.5. The van der Waals surface area contributed by atoms with Gasteiger partial charge >= 0.3 is 0 Å². The molecule has 1 heterocycles. The second kappa shape index (κ2) is 10.4. The van der Waals surface area contributed by atoms with E-state index in [1.807, 2.05) is 42.5 Å². The number of halogens is 1. The molecular formula is C22H23ClN4O.